The fourth-order valence-corrected chi connectivity index (χ4v) is 2.20. The van der Waals surface area contributed by atoms with E-state index in [1.165, 1.54) is 6.08 Å². The molecule has 0 aromatic heterocycles. The summed E-state index contributed by atoms with van der Waals surface area (Å²) in [6.07, 6.45) is 3.26. The van der Waals surface area contributed by atoms with E-state index < -0.39 is 0 Å². The quantitative estimate of drug-likeness (QED) is 0.861. The molecule has 3 heteroatoms. The number of amides is 1. The number of hydrogen-bond acceptors (Lipinski definition) is 2. The van der Waals surface area contributed by atoms with Gasteiger partial charge in [-0.25, -0.2) is 0 Å². The van der Waals surface area contributed by atoms with E-state index >= 15 is 0 Å². The van der Waals surface area contributed by atoms with Gasteiger partial charge in [0, 0.05) is 17.3 Å². The average Bonchev–Trinajstić information content (AvgIpc) is 2.44. The highest BCUT2D eigenvalue weighted by Gasteiger charge is 2.01. The predicted octanol–water partition coefficient (Wildman–Crippen LogP) is 3.96. The Labute approximate surface area is 125 Å². The molecule has 0 radical (unpaired) electrons. The van der Waals surface area contributed by atoms with Gasteiger partial charge in [0.2, 0.25) is 5.91 Å². The van der Waals surface area contributed by atoms with Gasteiger partial charge in [-0.3, -0.25) is 4.79 Å². The van der Waals surface area contributed by atoms with Crippen molar-refractivity contribution in [1.29, 1.82) is 0 Å². The molecule has 0 aliphatic rings. The van der Waals surface area contributed by atoms with Crippen LogP contribution in [0, 0.1) is 13.8 Å². The monoisotopic (exact) mass is 281 g/mol. The lowest BCUT2D eigenvalue weighted by Gasteiger charge is -2.06. The van der Waals surface area contributed by atoms with E-state index in [0.29, 0.717) is 0 Å². The molecule has 0 atom stereocenters. The number of rotatable bonds is 4. The summed E-state index contributed by atoms with van der Waals surface area (Å²) < 4.78 is 5.24. The molecule has 21 heavy (non-hydrogen) atoms. The predicted molar refractivity (Wildman–Crippen MR) is 86.6 cm³/mol. The van der Waals surface area contributed by atoms with Crippen molar-refractivity contribution >= 4 is 17.7 Å². The highest BCUT2D eigenvalue weighted by Crippen LogP contribution is 2.19. The number of methoxy groups -OCH3 is 1. The summed E-state index contributed by atoms with van der Waals surface area (Å²) in [5.74, 6) is 0.582. The molecule has 108 valence electrons. The Morgan fingerprint density at radius 2 is 1.76 bits per heavy atom. The van der Waals surface area contributed by atoms with Crippen molar-refractivity contribution in [3.63, 3.8) is 0 Å². The van der Waals surface area contributed by atoms with E-state index in [9.17, 15) is 4.79 Å². The minimum atomic E-state index is -0.161. The molecule has 0 spiro atoms. The van der Waals surface area contributed by atoms with Gasteiger partial charge in [0.25, 0.3) is 0 Å². The number of carbonyl (C=O) groups is 1. The van der Waals surface area contributed by atoms with E-state index in [1.54, 1.807) is 13.2 Å². The van der Waals surface area contributed by atoms with Gasteiger partial charge in [0.05, 0.1) is 7.11 Å². The second-order valence-corrected chi connectivity index (χ2v) is 4.94. The number of aryl methyl sites for hydroxylation is 2. The highest BCUT2D eigenvalue weighted by molar-refractivity contribution is 6.02. The van der Waals surface area contributed by atoms with Crippen LogP contribution in [0.2, 0.25) is 0 Å². The third-order valence-electron chi connectivity index (χ3n) is 3.04. The van der Waals surface area contributed by atoms with Gasteiger partial charge in [0.1, 0.15) is 5.75 Å². The molecule has 0 saturated heterocycles. The Balaban J connectivity index is 2.09. The van der Waals surface area contributed by atoms with Crippen LogP contribution in [-0.4, -0.2) is 13.0 Å². The number of benzene rings is 2. The van der Waals surface area contributed by atoms with Crippen LogP contribution in [-0.2, 0) is 4.79 Å². The molecular formula is C18H19NO2. The summed E-state index contributed by atoms with van der Waals surface area (Å²) in [7, 11) is 1.61. The molecule has 0 fully saturated rings. The summed E-state index contributed by atoms with van der Waals surface area (Å²) in [6.45, 7) is 4.01. The van der Waals surface area contributed by atoms with Crippen molar-refractivity contribution < 1.29 is 9.53 Å². The van der Waals surface area contributed by atoms with Gasteiger partial charge in [-0.15, -0.1) is 0 Å². The molecule has 2 rings (SSSR count). The second-order valence-electron chi connectivity index (χ2n) is 4.94. The number of hydrogen-bond donors (Lipinski definition) is 1. The minimum absolute atomic E-state index is 0.161. The lowest BCUT2D eigenvalue weighted by atomic mass is 10.1. The molecule has 2 aromatic rings. The largest absolute Gasteiger partial charge is 0.496 e. The Bertz CT molecular complexity index is 654. The van der Waals surface area contributed by atoms with Crippen molar-refractivity contribution in [1.82, 2.24) is 0 Å². The van der Waals surface area contributed by atoms with Crippen LogP contribution in [0.25, 0.3) is 6.08 Å². The van der Waals surface area contributed by atoms with Crippen LogP contribution in [0.15, 0.2) is 48.5 Å². The lowest BCUT2D eigenvalue weighted by molar-refractivity contribution is -0.111. The summed E-state index contributed by atoms with van der Waals surface area (Å²) in [6, 6.07) is 13.5. The fraction of sp³-hybridized carbons (Fsp3) is 0.167. The van der Waals surface area contributed by atoms with Crippen molar-refractivity contribution in [3.05, 3.63) is 65.2 Å². The van der Waals surface area contributed by atoms with Crippen LogP contribution in [0.1, 0.15) is 16.7 Å². The third kappa shape index (κ3) is 4.21. The zero-order valence-corrected chi connectivity index (χ0v) is 12.5. The lowest BCUT2D eigenvalue weighted by Crippen LogP contribution is -2.08. The summed E-state index contributed by atoms with van der Waals surface area (Å²) >= 11 is 0. The van der Waals surface area contributed by atoms with Crippen molar-refractivity contribution in [2.24, 2.45) is 0 Å². The average molecular weight is 281 g/mol. The SMILES string of the molecule is COc1ccccc1/C=C/C(=O)Nc1cc(C)cc(C)c1. The Morgan fingerprint density at radius 1 is 1.10 bits per heavy atom. The first-order chi connectivity index (χ1) is 10.1. The number of ether oxygens (including phenoxy) is 1. The first kappa shape index (κ1) is 14.9. The third-order valence-corrected chi connectivity index (χ3v) is 3.04. The standard InChI is InChI=1S/C18H19NO2/c1-13-10-14(2)12-16(11-13)19-18(20)9-8-15-6-4-5-7-17(15)21-3/h4-12H,1-3H3,(H,19,20)/b9-8+. The maximum Gasteiger partial charge on any atom is 0.248 e. The summed E-state index contributed by atoms with van der Waals surface area (Å²) in [5, 5.41) is 2.86. The number of nitrogens with one attached hydrogen (secondary N) is 1. The van der Waals surface area contributed by atoms with E-state index in [0.717, 1.165) is 28.1 Å². The van der Waals surface area contributed by atoms with Gasteiger partial charge in [-0.05, 0) is 49.2 Å². The first-order valence-corrected chi connectivity index (χ1v) is 6.79. The van der Waals surface area contributed by atoms with E-state index in [1.807, 2.05) is 50.2 Å². The van der Waals surface area contributed by atoms with Crippen LogP contribution in [0.4, 0.5) is 5.69 Å². The second kappa shape index (κ2) is 6.75. The van der Waals surface area contributed by atoms with Crippen molar-refractivity contribution in [3.8, 4) is 5.75 Å². The van der Waals surface area contributed by atoms with Gasteiger partial charge in [0.15, 0.2) is 0 Å². The smallest absolute Gasteiger partial charge is 0.248 e. The molecule has 0 aliphatic carbocycles. The molecule has 1 amide bonds. The van der Waals surface area contributed by atoms with Crippen LogP contribution in [0.5, 0.6) is 5.75 Å². The zero-order chi connectivity index (χ0) is 15.2. The number of carbonyl (C=O) groups excluding carboxylic acids is 1. The number of anilines is 1. The minimum Gasteiger partial charge on any atom is -0.496 e. The van der Waals surface area contributed by atoms with Gasteiger partial charge in [-0.1, -0.05) is 24.3 Å². The van der Waals surface area contributed by atoms with E-state index in [4.69, 9.17) is 4.74 Å². The maximum absolute atomic E-state index is 12.0. The molecule has 3 nitrogen and oxygen atoms in total. The Morgan fingerprint density at radius 3 is 2.43 bits per heavy atom. The van der Waals surface area contributed by atoms with Gasteiger partial charge >= 0.3 is 0 Å². The van der Waals surface area contributed by atoms with Crippen LogP contribution < -0.4 is 10.1 Å². The molecule has 0 unspecified atom stereocenters. The normalized spacial score (nSPS) is 10.6. The van der Waals surface area contributed by atoms with Crippen molar-refractivity contribution in [2.45, 2.75) is 13.8 Å². The Hall–Kier alpha value is -2.55. The molecule has 0 bridgehead atoms. The van der Waals surface area contributed by atoms with Gasteiger partial charge in [-0.2, -0.15) is 0 Å². The maximum atomic E-state index is 12.0. The molecule has 1 N–H and O–H groups in total. The molecule has 2 aromatic carbocycles. The van der Waals surface area contributed by atoms with E-state index in [2.05, 4.69) is 11.4 Å². The topological polar surface area (TPSA) is 38.3 Å². The summed E-state index contributed by atoms with van der Waals surface area (Å²) in [5.41, 5.74) is 3.93. The molecule has 0 heterocycles. The Kier molecular flexibility index (Phi) is 4.77. The van der Waals surface area contributed by atoms with E-state index in [-0.39, 0.29) is 5.91 Å². The van der Waals surface area contributed by atoms with Crippen molar-refractivity contribution in [2.75, 3.05) is 12.4 Å². The zero-order valence-electron chi connectivity index (χ0n) is 12.5. The van der Waals surface area contributed by atoms with Crippen LogP contribution >= 0.6 is 0 Å². The fourth-order valence-electron chi connectivity index (χ4n) is 2.20. The molecule has 0 saturated carbocycles. The number of para-hydroxylation sites is 1. The molecular weight excluding hydrogens is 262 g/mol. The highest BCUT2D eigenvalue weighted by atomic mass is 16.5. The first-order valence-electron chi connectivity index (χ1n) is 6.79. The molecule has 0 aliphatic heterocycles. The summed E-state index contributed by atoms with van der Waals surface area (Å²) in [4.78, 5) is 12.0. The van der Waals surface area contributed by atoms with Gasteiger partial charge < -0.3 is 10.1 Å². The van der Waals surface area contributed by atoms with Crippen LogP contribution in [0.3, 0.4) is 0 Å².